The van der Waals surface area contributed by atoms with Gasteiger partial charge in [0.25, 0.3) is 0 Å². The van der Waals surface area contributed by atoms with E-state index in [2.05, 4.69) is 30.7 Å². The average Bonchev–Trinajstić information content (AvgIpc) is 2.11. The van der Waals surface area contributed by atoms with Crippen molar-refractivity contribution in [1.29, 1.82) is 0 Å². The van der Waals surface area contributed by atoms with Crippen LogP contribution < -0.4 is 0 Å². The van der Waals surface area contributed by atoms with Gasteiger partial charge in [-0.2, -0.15) is 0 Å². The third-order valence-electron chi connectivity index (χ3n) is 4.16. The van der Waals surface area contributed by atoms with Crippen LogP contribution in [0.1, 0.15) is 33.1 Å². The van der Waals surface area contributed by atoms with Gasteiger partial charge in [0.05, 0.1) is 18.3 Å². The molecule has 1 aliphatic carbocycles. The molecule has 2 fully saturated rings. The number of aliphatic hydroxyl groups is 1. The zero-order valence-corrected chi connectivity index (χ0v) is 12.0. The van der Waals surface area contributed by atoms with Crippen molar-refractivity contribution in [2.45, 2.75) is 57.5 Å². The number of rotatable bonds is 5. The van der Waals surface area contributed by atoms with E-state index < -0.39 is 0 Å². The molecule has 3 unspecified atom stereocenters. The molecule has 0 bridgehead atoms. The van der Waals surface area contributed by atoms with Gasteiger partial charge in [-0.25, -0.2) is 0 Å². The number of hydrogen-bond donors (Lipinski definition) is 1. The third-order valence-corrected chi connectivity index (χ3v) is 4.16. The highest BCUT2D eigenvalue weighted by molar-refractivity contribution is 4.81. The van der Waals surface area contributed by atoms with Crippen LogP contribution in [-0.2, 0) is 4.74 Å². The van der Waals surface area contributed by atoms with Crippen LogP contribution in [-0.4, -0.2) is 72.5 Å². The number of likely N-dealkylation sites (N-methyl/N-ethyl adjacent to an activating group) is 1. The fraction of sp³-hybridized carbons (Fsp3) is 1.00. The van der Waals surface area contributed by atoms with Crippen molar-refractivity contribution in [2.24, 2.45) is 0 Å². The molecule has 0 spiro atoms. The van der Waals surface area contributed by atoms with Crippen LogP contribution in [0.15, 0.2) is 0 Å². The molecule has 2 rings (SSSR count). The van der Waals surface area contributed by atoms with Crippen molar-refractivity contribution < 1.29 is 9.84 Å². The lowest BCUT2D eigenvalue weighted by molar-refractivity contribution is -0.0786. The molecule has 0 radical (unpaired) electrons. The zero-order chi connectivity index (χ0) is 13.1. The van der Waals surface area contributed by atoms with E-state index in [9.17, 15) is 5.11 Å². The summed E-state index contributed by atoms with van der Waals surface area (Å²) in [4.78, 5) is 4.65. The Hall–Kier alpha value is -0.160. The quantitative estimate of drug-likeness (QED) is 0.794. The Morgan fingerprint density at radius 1 is 1.28 bits per heavy atom. The molecule has 0 aromatic rings. The lowest BCUT2D eigenvalue weighted by atomic mass is 9.92. The molecular formula is C14H28N2O2. The van der Waals surface area contributed by atoms with Crippen LogP contribution in [0, 0.1) is 0 Å². The van der Waals surface area contributed by atoms with Crippen molar-refractivity contribution in [3.05, 3.63) is 0 Å². The summed E-state index contributed by atoms with van der Waals surface area (Å²) in [5.74, 6) is 0. The molecule has 1 heterocycles. The molecule has 1 saturated heterocycles. The Labute approximate surface area is 111 Å². The van der Waals surface area contributed by atoms with Crippen molar-refractivity contribution in [3.63, 3.8) is 0 Å². The van der Waals surface area contributed by atoms with Crippen LogP contribution in [0.25, 0.3) is 0 Å². The van der Waals surface area contributed by atoms with Crippen LogP contribution in [0.4, 0.5) is 0 Å². The van der Waals surface area contributed by atoms with Gasteiger partial charge in [-0.05, 0) is 33.7 Å². The second-order valence-electron chi connectivity index (χ2n) is 6.15. The van der Waals surface area contributed by atoms with Gasteiger partial charge in [0.15, 0.2) is 0 Å². The number of hydrogen-bond acceptors (Lipinski definition) is 4. The smallest absolute Gasteiger partial charge is 0.0793 e. The molecule has 106 valence electrons. The van der Waals surface area contributed by atoms with Gasteiger partial charge in [0, 0.05) is 32.2 Å². The third kappa shape index (κ3) is 3.92. The van der Waals surface area contributed by atoms with Crippen LogP contribution in [0.2, 0.25) is 0 Å². The second-order valence-corrected chi connectivity index (χ2v) is 6.15. The first-order valence-electron chi connectivity index (χ1n) is 7.30. The minimum atomic E-state index is -0.243. The van der Waals surface area contributed by atoms with E-state index in [1.807, 2.05) is 0 Å². The standard InChI is InChI=1S/C14H28N2O2/c1-11-7-16(8-12(2)18-11)10-14(17)9-15(3)13-5-4-6-13/h11-14,17H,4-10H2,1-3H3. The molecule has 18 heavy (non-hydrogen) atoms. The maximum atomic E-state index is 10.2. The van der Waals surface area contributed by atoms with Crippen molar-refractivity contribution in [3.8, 4) is 0 Å². The normalized spacial score (nSPS) is 32.5. The van der Waals surface area contributed by atoms with E-state index >= 15 is 0 Å². The Bertz CT molecular complexity index is 248. The lowest BCUT2D eigenvalue weighted by Gasteiger charge is -2.39. The van der Waals surface area contributed by atoms with E-state index in [1.165, 1.54) is 19.3 Å². The van der Waals surface area contributed by atoms with E-state index in [1.54, 1.807) is 0 Å². The van der Waals surface area contributed by atoms with Gasteiger partial charge in [-0.15, -0.1) is 0 Å². The first-order valence-corrected chi connectivity index (χ1v) is 7.30. The van der Waals surface area contributed by atoms with Crippen molar-refractivity contribution in [1.82, 2.24) is 9.80 Å². The van der Waals surface area contributed by atoms with E-state index in [-0.39, 0.29) is 18.3 Å². The summed E-state index contributed by atoms with van der Waals surface area (Å²) in [6.45, 7) is 7.66. The predicted octanol–water partition coefficient (Wildman–Crippen LogP) is 0.941. The monoisotopic (exact) mass is 256 g/mol. The van der Waals surface area contributed by atoms with Crippen molar-refractivity contribution >= 4 is 0 Å². The predicted molar refractivity (Wildman–Crippen MR) is 72.7 cm³/mol. The first kappa shape index (κ1) is 14.3. The largest absolute Gasteiger partial charge is 0.390 e. The summed E-state index contributed by atoms with van der Waals surface area (Å²) in [5.41, 5.74) is 0. The molecule has 1 aliphatic heterocycles. The Kier molecular flexibility index (Phi) is 5.01. The fourth-order valence-corrected chi connectivity index (χ4v) is 3.10. The Morgan fingerprint density at radius 3 is 2.39 bits per heavy atom. The maximum Gasteiger partial charge on any atom is 0.0793 e. The Morgan fingerprint density at radius 2 is 1.89 bits per heavy atom. The summed E-state index contributed by atoms with van der Waals surface area (Å²) in [5, 5.41) is 10.2. The molecule has 0 aromatic heterocycles. The first-order chi connectivity index (χ1) is 8.54. The Balaban J connectivity index is 1.70. The number of morpholine rings is 1. The summed E-state index contributed by atoms with van der Waals surface area (Å²) >= 11 is 0. The lowest BCUT2D eigenvalue weighted by Crippen LogP contribution is -2.50. The van der Waals surface area contributed by atoms with Gasteiger partial charge >= 0.3 is 0 Å². The average molecular weight is 256 g/mol. The van der Waals surface area contributed by atoms with Crippen LogP contribution >= 0.6 is 0 Å². The SMILES string of the molecule is CC1CN(CC(O)CN(C)C2CCC2)CC(C)O1. The zero-order valence-electron chi connectivity index (χ0n) is 12.0. The molecule has 1 N–H and O–H groups in total. The number of ether oxygens (including phenoxy) is 1. The van der Waals surface area contributed by atoms with Crippen molar-refractivity contribution in [2.75, 3.05) is 33.2 Å². The minimum absolute atomic E-state index is 0.243. The van der Waals surface area contributed by atoms with Gasteiger partial charge in [-0.1, -0.05) is 6.42 Å². The highest BCUT2D eigenvalue weighted by atomic mass is 16.5. The van der Waals surface area contributed by atoms with Crippen LogP contribution in [0.3, 0.4) is 0 Å². The molecule has 3 atom stereocenters. The molecule has 4 heteroatoms. The highest BCUT2D eigenvalue weighted by Crippen LogP contribution is 2.23. The summed E-state index contributed by atoms with van der Waals surface area (Å²) in [7, 11) is 2.14. The van der Waals surface area contributed by atoms with E-state index in [0.717, 1.165) is 26.2 Å². The van der Waals surface area contributed by atoms with Gasteiger partial charge in [-0.3, -0.25) is 4.90 Å². The molecule has 0 amide bonds. The number of aliphatic hydroxyl groups excluding tert-OH is 1. The van der Waals surface area contributed by atoms with Crippen LogP contribution in [0.5, 0.6) is 0 Å². The molecule has 1 saturated carbocycles. The molecule has 2 aliphatic rings. The summed E-state index contributed by atoms with van der Waals surface area (Å²) in [6, 6.07) is 0.710. The minimum Gasteiger partial charge on any atom is -0.390 e. The van der Waals surface area contributed by atoms with Gasteiger partial charge in [0.1, 0.15) is 0 Å². The number of nitrogens with zero attached hydrogens (tertiary/aromatic N) is 2. The van der Waals surface area contributed by atoms with Gasteiger partial charge < -0.3 is 14.7 Å². The topological polar surface area (TPSA) is 35.9 Å². The molecule has 4 nitrogen and oxygen atoms in total. The molecular weight excluding hydrogens is 228 g/mol. The second kappa shape index (κ2) is 6.33. The summed E-state index contributed by atoms with van der Waals surface area (Å²) < 4.78 is 5.71. The van der Waals surface area contributed by atoms with E-state index in [4.69, 9.17) is 4.74 Å². The van der Waals surface area contributed by atoms with E-state index in [0.29, 0.717) is 6.04 Å². The number of β-amino-alcohol motifs (C(OH)–C–C–N with tert-alkyl or cyclic N) is 1. The molecule has 0 aromatic carbocycles. The maximum absolute atomic E-state index is 10.2. The fourth-order valence-electron chi connectivity index (χ4n) is 3.10. The van der Waals surface area contributed by atoms with Gasteiger partial charge in [0.2, 0.25) is 0 Å². The highest BCUT2D eigenvalue weighted by Gasteiger charge is 2.26. The summed E-state index contributed by atoms with van der Waals surface area (Å²) in [6.07, 6.45) is 4.27.